The first-order chi connectivity index (χ1) is 8.59. The minimum atomic E-state index is -0.314. The third kappa shape index (κ3) is 4.62. The van der Waals surface area contributed by atoms with E-state index in [4.69, 9.17) is 11.5 Å². The molecule has 4 nitrogen and oxygen atoms in total. The quantitative estimate of drug-likeness (QED) is 0.741. The summed E-state index contributed by atoms with van der Waals surface area (Å²) in [6.45, 7) is 0. The summed E-state index contributed by atoms with van der Waals surface area (Å²) in [4.78, 5) is 24.6. The summed E-state index contributed by atoms with van der Waals surface area (Å²) in [6.07, 6.45) is 5.36. The summed E-state index contributed by atoms with van der Waals surface area (Å²) >= 11 is 0. The van der Waals surface area contributed by atoms with Crippen LogP contribution in [-0.4, -0.2) is 11.8 Å². The lowest BCUT2D eigenvalue weighted by atomic mass is 10.2. The van der Waals surface area contributed by atoms with Gasteiger partial charge in [0.05, 0.1) is 0 Å². The molecule has 0 unspecified atom stereocenters. The molecule has 2 amide bonds. The first kappa shape index (κ1) is 19.7. The molecule has 0 aromatic rings. The van der Waals surface area contributed by atoms with E-state index in [1.165, 1.54) is 0 Å². The van der Waals surface area contributed by atoms with Crippen molar-refractivity contribution >= 4 is 58.2 Å². The van der Waals surface area contributed by atoms with Gasteiger partial charge in [0.1, 0.15) is 0 Å². The molecule has 0 aromatic heterocycles. The molecule has 0 saturated heterocycles. The second-order valence-electron chi connectivity index (χ2n) is 4.41. The normalized spacial score (nSPS) is 17.8. The van der Waals surface area contributed by atoms with Gasteiger partial charge in [0.25, 0.3) is 0 Å². The third-order valence-electron chi connectivity index (χ3n) is 3.17. The van der Waals surface area contributed by atoms with Gasteiger partial charge in [0, 0.05) is 21.0 Å². The largest absolute Gasteiger partial charge is 0.366 e. The number of primary amides is 2. The van der Waals surface area contributed by atoms with Crippen molar-refractivity contribution in [2.75, 3.05) is 0 Å². The van der Waals surface area contributed by atoms with Crippen LogP contribution in [0.15, 0.2) is 21.0 Å². The number of allylic oxidation sites excluding steroid dienone is 2. The van der Waals surface area contributed by atoms with Crippen LogP contribution in [0.2, 0.25) is 0 Å². The minimum Gasteiger partial charge on any atom is -0.366 e. The van der Waals surface area contributed by atoms with Crippen molar-refractivity contribution in [2.45, 2.75) is 38.5 Å². The monoisotopic (exact) mass is 356 g/mol. The second-order valence-corrected chi connectivity index (χ2v) is 6.72. The first-order valence-corrected chi connectivity index (χ1v) is 8.12. The van der Waals surface area contributed by atoms with Crippen LogP contribution in [0, 0.1) is 0 Å². The minimum absolute atomic E-state index is 0. The predicted molar refractivity (Wildman–Crippen MR) is 89.8 cm³/mol. The number of hydrogen-bond donors (Lipinski definition) is 2. The Bertz CT molecular complexity index is 422. The second kappa shape index (κ2) is 8.87. The van der Waals surface area contributed by atoms with E-state index < -0.39 is 0 Å². The molecule has 4 N–H and O–H groups in total. The van der Waals surface area contributed by atoms with Gasteiger partial charge in [0.2, 0.25) is 11.8 Å². The highest BCUT2D eigenvalue weighted by atomic mass is 35.5. The third-order valence-corrected chi connectivity index (χ3v) is 6.02. The number of hydrogen-bond acceptors (Lipinski definition) is 4. The van der Waals surface area contributed by atoms with Crippen molar-refractivity contribution in [3.63, 3.8) is 0 Å². The van der Waals surface area contributed by atoms with Crippen molar-refractivity contribution in [3.05, 3.63) is 21.0 Å². The van der Waals surface area contributed by atoms with Crippen molar-refractivity contribution in [3.8, 4) is 0 Å². The first-order valence-electron chi connectivity index (χ1n) is 5.97. The van der Waals surface area contributed by atoms with Crippen molar-refractivity contribution in [2.24, 2.45) is 11.5 Å². The van der Waals surface area contributed by atoms with E-state index in [1.807, 2.05) is 0 Å². The molecule has 0 aliphatic heterocycles. The number of carbonyl (C=O) groups is 2. The van der Waals surface area contributed by atoms with E-state index >= 15 is 0 Å². The summed E-state index contributed by atoms with van der Waals surface area (Å²) in [6, 6.07) is 0. The van der Waals surface area contributed by atoms with Crippen LogP contribution in [0.1, 0.15) is 38.5 Å². The van der Waals surface area contributed by atoms with Crippen LogP contribution in [0.4, 0.5) is 0 Å². The number of amides is 2. The van der Waals surface area contributed by atoms with E-state index in [1.54, 1.807) is 21.6 Å². The van der Waals surface area contributed by atoms with Crippen molar-refractivity contribution in [1.82, 2.24) is 0 Å². The van der Waals surface area contributed by atoms with Crippen LogP contribution in [0.3, 0.4) is 0 Å². The molecule has 0 atom stereocenters. The van der Waals surface area contributed by atoms with Gasteiger partial charge >= 0.3 is 0 Å². The maximum Gasteiger partial charge on any atom is 0.245 e. The maximum absolute atomic E-state index is 11.2. The van der Waals surface area contributed by atoms with Crippen LogP contribution < -0.4 is 11.5 Å². The van der Waals surface area contributed by atoms with Gasteiger partial charge in [-0.05, 0) is 38.5 Å². The maximum atomic E-state index is 11.2. The Morgan fingerprint density at radius 2 is 1.10 bits per heavy atom. The lowest BCUT2D eigenvalue weighted by Crippen LogP contribution is -2.13. The molecule has 0 saturated carbocycles. The lowest BCUT2D eigenvalue weighted by molar-refractivity contribution is -0.115. The molecule has 0 aromatic carbocycles. The molecule has 0 bridgehead atoms. The molecule has 2 aliphatic rings. The topological polar surface area (TPSA) is 86.2 Å². The van der Waals surface area contributed by atoms with Crippen LogP contribution in [0.25, 0.3) is 0 Å². The summed E-state index contributed by atoms with van der Waals surface area (Å²) in [5.41, 5.74) is 12.2. The van der Waals surface area contributed by atoms with E-state index in [0.717, 1.165) is 59.5 Å². The Hall–Kier alpha value is -0.300. The fourth-order valence-electron chi connectivity index (χ4n) is 2.24. The highest BCUT2D eigenvalue weighted by molar-refractivity contribution is 8.79. The zero-order chi connectivity index (χ0) is 13.1. The smallest absolute Gasteiger partial charge is 0.245 e. The van der Waals surface area contributed by atoms with Crippen LogP contribution in [0.5, 0.6) is 0 Å². The zero-order valence-corrected chi connectivity index (χ0v) is 14.1. The molecule has 0 fully saturated rings. The molecular weight excluding hydrogens is 339 g/mol. The SMILES string of the molecule is Cl.Cl.NC(=O)C1=C(SSC2=C(C(N)=O)CCC2)CCC1. The summed E-state index contributed by atoms with van der Waals surface area (Å²) in [5.74, 6) is -0.628. The average molecular weight is 357 g/mol. The van der Waals surface area contributed by atoms with Gasteiger partial charge in [-0.1, -0.05) is 21.6 Å². The number of carbonyl (C=O) groups excluding carboxylic acids is 2. The van der Waals surface area contributed by atoms with Gasteiger partial charge in [-0.2, -0.15) is 0 Å². The Morgan fingerprint density at radius 1 is 0.750 bits per heavy atom. The molecule has 0 heterocycles. The highest BCUT2D eigenvalue weighted by Crippen LogP contribution is 2.48. The standard InChI is InChI=1S/C12H16N2O2S2.2ClH/c13-11(15)7-3-1-5-9(7)17-18-10-6-2-4-8(10)12(14)16;;/h1-6H2,(H2,13,15)(H2,14,16);2*1H. The van der Waals surface area contributed by atoms with E-state index in [-0.39, 0.29) is 36.6 Å². The van der Waals surface area contributed by atoms with Gasteiger partial charge in [-0.3, -0.25) is 9.59 Å². The van der Waals surface area contributed by atoms with Gasteiger partial charge in [-0.15, -0.1) is 24.8 Å². The molecule has 114 valence electrons. The van der Waals surface area contributed by atoms with Crippen molar-refractivity contribution in [1.29, 1.82) is 0 Å². The van der Waals surface area contributed by atoms with E-state index in [0.29, 0.717) is 0 Å². The van der Waals surface area contributed by atoms with Gasteiger partial charge in [0.15, 0.2) is 0 Å². The molecule has 8 heteroatoms. The Kier molecular flexibility index (Phi) is 8.74. The molecule has 0 spiro atoms. The van der Waals surface area contributed by atoms with E-state index in [2.05, 4.69) is 0 Å². The Morgan fingerprint density at radius 3 is 1.40 bits per heavy atom. The number of rotatable bonds is 5. The molecule has 2 aliphatic carbocycles. The van der Waals surface area contributed by atoms with Crippen LogP contribution >= 0.6 is 46.4 Å². The zero-order valence-electron chi connectivity index (χ0n) is 10.8. The van der Waals surface area contributed by atoms with Gasteiger partial charge in [-0.25, -0.2) is 0 Å². The fraction of sp³-hybridized carbons (Fsp3) is 0.500. The molecule has 20 heavy (non-hydrogen) atoms. The van der Waals surface area contributed by atoms with Gasteiger partial charge < -0.3 is 11.5 Å². The number of nitrogens with two attached hydrogens (primary N) is 2. The highest BCUT2D eigenvalue weighted by Gasteiger charge is 2.23. The van der Waals surface area contributed by atoms with E-state index in [9.17, 15) is 9.59 Å². The Balaban J connectivity index is 0.00000180. The molecular formula is C12H18Cl2N2O2S2. The number of halogens is 2. The van der Waals surface area contributed by atoms with Crippen LogP contribution in [-0.2, 0) is 9.59 Å². The van der Waals surface area contributed by atoms with Crippen molar-refractivity contribution < 1.29 is 9.59 Å². The Labute approximate surface area is 138 Å². The summed E-state index contributed by atoms with van der Waals surface area (Å²) in [5, 5.41) is 0. The summed E-state index contributed by atoms with van der Waals surface area (Å²) < 4.78 is 0. The molecule has 2 rings (SSSR count). The average Bonchev–Trinajstić information content (AvgIpc) is 2.94. The molecule has 0 radical (unpaired) electrons. The summed E-state index contributed by atoms with van der Waals surface area (Å²) in [7, 11) is 3.14. The fourth-order valence-corrected chi connectivity index (χ4v) is 5.21. The lowest BCUT2D eigenvalue weighted by Gasteiger charge is -2.06. The predicted octanol–water partition coefficient (Wildman–Crippen LogP) is 3.06.